The first-order chi connectivity index (χ1) is 9.09. The van der Waals surface area contributed by atoms with Gasteiger partial charge in [0.05, 0.1) is 21.9 Å². The summed E-state index contributed by atoms with van der Waals surface area (Å²) in [6, 6.07) is 5.38. The Hall–Kier alpha value is -1.10. The van der Waals surface area contributed by atoms with Crippen molar-refractivity contribution >= 4 is 23.2 Å². The highest BCUT2D eigenvalue weighted by Gasteiger charge is 2.13. The Morgan fingerprint density at radius 1 is 1.26 bits per heavy atom. The Morgan fingerprint density at radius 2 is 1.95 bits per heavy atom. The molecule has 1 heterocycles. The first-order valence-electron chi connectivity index (χ1n) is 6.14. The van der Waals surface area contributed by atoms with E-state index in [1.807, 2.05) is 6.07 Å². The SMILES string of the molecule is CC(C)CNCc1cnnn1-c1c(Cl)cccc1Cl. The number of rotatable bonds is 5. The normalized spacial score (nSPS) is 11.2. The molecule has 0 radical (unpaired) electrons. The number of aromatic nitrogens is 3. The minimum atomic E-state index is 0.558. The summed E-state index contributed by atoms with van der Waals surface area (Å²) < 4.78 is 1.68. The summed E-state index contributed by atoms with van der Waals surface area (Å²) in [5.74, 6) is 0.591. The van der Waals surface area contributed by atoms with Crippen LogP contribution in [0.15, 0.2) is 24.4 Å². The van der Waals surface area contributed by atoms with Crippen molar-refractivity contribution in [3.8, 4) is 5.69 Å². The van der Waals surface area contributed by atoms with Crippen molar-refractivity contribution in [1.29, 1.82) is 0 Å². The van der Waals surface area contributed by atoms with E-state index >= 15 is 0 Å². The summed E-state index contributed by atoms with van der Waals surface area (Å²) >= 11 is 12.4. The molecule has 0 bridgehead atoms. The lowest BCUT2D eigenvalue weighted by atomic mass is 10.2. The Labute approximate surface area is 122 Å². The molecular weight excluding hydrogens is 283 g/mol. The van der Waals surface area contributed by atoms with E-state index in [4.69, 9.17) is 23.2 Å². The van der Waals surface area contributed by atoms with E-state index in [2.05, 4.69) is 29.5 Å². The zero-order chi connectivity index (χ0) is 13.8. The van der Waals surface area contributed by atoms with Crippen molar-refractivity contribution < 1.29 is 0 Å². The van der Waals surface area contributed by atoms with Crippen LogP contribution >= 0.6 is 23.2 Å². The molecule has 0 saturated heterocycles. The number of halogens is 2. The molecule has 19 heavy (non-hydrogen) atoms. The Morgan fingerprint density at radius 3 is 2.58 bits per heavy atom. The van der Waals surface area contributed by atoms with E-state index in [0.29, 0.717) is 28.2 Å². The second kappa shape index (κ2) is 6.37. The van der Waals surface area contributed by atoms with Gasteiger partial charge < -0.3 is 5.32 Å². The van der Waals surface area contributed by atoms with Gasteiger partial charge in [-0.2, -0.15) is 0 Å². The zero-order valence-electron chi connectivity index (χ0n) is 10.9. The van der Waals surface area contributed by atoms with Crippen LogP contribution in [0.5, 0.6) is 0 Å². The van der Waals surface area contributed by atoms with Gasteiger partial charge in [0.1, 0.15) is 5.69 Å². The van der Waals surface area contributed by atoms with Crippen LogP contribution < -0.4 is 5.32 Å². The second-order valence-electron chi connectivity index (χ2n) is 4.73. The summed E-state index contributed by atoms with van der Waals surface area (Å²) in [7, 11) is 0. The smallest absolute Gasteiger partial charge is 0.104 e. The van der Waals surface area contributed by atoms with Gasteiger partial charge in [0.15, 0.2) is 0 Å². The fourth-order valence-electron chi connectivity index (χ4n) is 1.75. The predicted molar refractivity (Wildman–Crippen MR) is 77.9 cm³/mol. The second-order valence-corrected chi connectivity index (χ2v) is 5.55. The quantitative estimate of drug-likeness (QED) is 0.921. The highest BCUT2D eigenvalue weighted by molar-refractivity contribution is 6.37. The van der Waals surface area contributed by atoms with Crippen LogP contribution in [0.3, 0.4) is 0 Å². The zero-order valence-corrected chi connectivity index (χ0v) is 12.4. The highest BCUT2D eigenvalue weighted by atomic mass is 35.5. The van der Waals surface area contributed by atoms with Crippen molar-refractivity contribution in [2.45, 2.75) is 20.4 Å². The van der Waals surface area contributed by atoms with Crippen molar-refractivity contribution in [2.24, 2.45) is 5.92 Å². The predicted octanol–water partition coefficient (Wildman–Crippen LogP) is 3.32. The Bertz CT molecular complexity index is 531. The van der Waals surface area contributed by atoms with Gasteiger partial charge in [0.25, 0.3) is 0 Å². The molecule has 0 aliphatic rings. The molecule has 1 N–H and O–H groups in total. The molecule has 0 amide bonds. The van der Waals surface area contributed by atoms with Gasteiger partial charge in [0.2, 0.25) is 0 Å². The van der Waals surface area contributed by atoms with Crippen LogP contribution in [-0.4, -0.2) is 21.5 Å². The van der Waals surface area contributed by atoms with Crippen LogP contribution in [0.25, 0.3) is 5.69 Å². The van der Waals surface area contributed by atoms with Crippen LogP contribution in [0.2, 0.25) is 10.0 Å². The molecule has 0 fully saturated rings. The topological polar surface area (TPSA) is 42.7 Å². The van der Waals surface area contributed by atoms with E-state index in [9.17, 15) is 0 Å². The van der Waals surface area contributed by atoms with Crippen molar-refractivity contribution in [2.75, 3.05) is 6.54 Å². The van der Waals surface area contributed by atoms with Crippen LogP contribution in [-0.2, 0) is 6.54 Å². The first-order valence-corrected chi connectivity index (χ1v) is 6.90. The summed E-state index contributed by atoms with van der Waals surface area (Å²) in [4.78, 5) is 0. The van der Waals surface area contributed by atoms with E-state index < -0.39 is 0 Å². The maximum atomic E-state index is 6.18. The first kappa shape index (κ1) is 14.3. The summed E-state index contributed by atoms with van der Waals surface area (Å²) in [6.07, 6.45) is 1.72. The lowest BCUT2D eigenvalue weighted by molar-refractivity contribution is 0.542. The monoisotopic (exact) mass is 298 g/mol. The minimum absolute atomic E-state index is 0.558. The number of para-hydroxylation sites is 1. The Balaban J connectivity index is 2.24. The number of benzene rings is 1. The lowest BCUT2D eigenvalue weighted by Crippen LogP contribution is -2.21. The number of hydrogen-bond acceptors (Lipinski definition) is 3. The fourth-order valence-corrected chi connectivity index (χ4v) is 2.30. The van der Waals surface area contributed by atoms with Crippen molar-refractivity contribution in [3.05, 3.63) is 40.1 Å². The number of nitrogens with one attached hydrogen (secondary N) is 1. The molecule has 0 unspecified atom stereocenters. The summed E-state index contributed by atoms with van der Waals surface area (Å²) in [5.41, 5.74) is 1.60. The molecule has 4 nitrogen and oxygen atoms in total. The molecular formula is C13H16Cl2N4. The largest absolute Gasteiger partial charge is 0.311 e. The van der Waals surface area contributed by atoms with E-state index in [1.54, 1.807) is 23.0 Å². The minimum Gasteiger partial charge on any atom is -0.311 e. The number of nitrogens with zero attached hydrogens (tertiary/aromatic N) is 3. The van der Waals surface area contributed by atoms with Gasteiger partial charge in [-0.3, -0.25) is 0 Å². The van der Waals surface area contributed by atoms with Gasteiger partial charge in [-0.05, 0) is 24.6 Å². The third-order valence-electron chi connectivity index (χ3n) is 2.63. The van der Waals surface area contributed by atoms with Gasteiger partial charge in [0, 0.05) is 6.54 Å². The molecule has 0 spiro atoms. The third-order valence-corrected chi connectivity index (χ3v) is 3.24. The molecule has 0 atom stereocenters. The van der Waals surface area contributed by atoms with Gasteiger partial charge >= 0.3 is 0 Å². The molecule has 0 aliphatic heterocycles. The van der Waals surface area contributed by atoms with E-state index in [1.165, 1.54) is 0 Å². The molecule has 102 valence electrons. The lowest BCUT2D eigenvalue weighted by Gasteiger charge is -2.11. The number of hydrogen-bond donors (Lipinski definition) is 1. The van der Waals surface area contributed by atoms with Gasteiger partial charge in [-0.1, -0.05) is 48.3 Å². The van der Waals surface area contributed by atoms with E-state index in [0.717, 1.165) is 12.2 Å². The van der Waals surface area contributed by atoms with Crippen molar-refractivity contribution in [1.82, 2.24) is 20.3 Å². The van der Waals surface area contributed by atoms with E-state index in [-0.39, 0.29) is 0 Å². The molecule has 2 rings (SSSR count). The molecule has 1 aromatic carbocycles. The maximum Gasteiger partial charge on any atom is 0.104 e. The molecule has 0 saturated carbocycles. The molecule has 2 aromatic rings. The molecule has 6 heteroatoms. The fraction of sp³-hybridized carbons (Fsp3) is 0.385. The van der Waals surface area contributed by atoms with Gasteiger partial charge in [-0.25, -0.2) is 4.68 Å². The third kappa shape index (κ3) is 3.47. The average Bonchev–Trinajstić information content (AvgIpc) is 2.77. The maximum absolute atomic E-state index is 6.18. The Kier molecular flexibility index (Phi) is 4.80. The summed E-state index contributed by atoms with van der Waals surface area (Å²) in [5, 5.41) is 12.5. The highest BCUT2D eigenvalue weighted by Crippen LogP contribution is 2.28. The average molecular weight is 299 g/mol. The van der Waals surface area contributed by atoms with Crippen LogP contribution in [0.1, 0.15) is 19.5 Å². The summed E-state index contributed by atoms with van der Waals surface area (Å²) in [6.45, 7) is 5.93. The van der Waals surface area contributed by atoms with Crippen LogP contribution in [0.4, 0.5) is 0 Å². The molecule has 1 aromatic heterocycles. The standard InChI is InChI=1S/C13H16Cl2N4/c1-9(2)6-16-7-10-8-17-18-19(10)13-11(14)4-3-5-12(13)15/h3-5,8-9,16H,6-7H2,1-2H3. The van der Waals surface area contributed by atoms with Gasteiger partial charge in [-0.15, -0.1) is 5.10 Å². The van der Waals surface area contributed by atoms with Crippen LogP contribution in [0, 0.1) is 5.92 Å². The van der Waals surface area contributed by atoms with Crippen molar-refractivity contribution in [3.63, 3.8) is 0 Å². The molecule has 0 aliphatic carbocycles.